The highest BCUT2D eigenvalue weighted by Gasteiger charge is 2.51. The zero-order valence-corrected chi connectivity index (χ0v) is 28.7. The van der Waals surface area contributed by atoms with E-state index in [4.69, 9.17) is 18.8 Å². The number of ether oxygens (including phenoxy) is 3. The van der Waals surface area contributed by atoms with Gasteiger partial charge in [-0.25, -0.2) is 0 Å². The van der Waals surface area contributed by atoms with Crippen LogP contribution in [0.1, 0.15) is 33.3 Å². The zero-order valence-electron chi connectivity index (χ0n) is 27.0. The Balaban J connectivity index is 1.32. The van der Waals surface area contributed by atoms with Crippen molar-refractivity contribution in [2.24, 2.45) is 0 Å². The fraction of sp³-hybridized carbons (Fsp3) is 0.263. The standard InChI is InChI=1S/C38H36F2O6S2/c1-26(38(39,40)48(41,42)43)46-32-15-21-35(22-16-32)47(34-19-13-31(14-20-34)37(4)25-44-36(2,3)24-45-37)33-17-11-28(12-18-33)30-10-9-27-7-5-6-8-29(27)23-30/h5-23,26H,24-25H2,1-4H3/p+1. The van der Waals surface area contributed by atoms with E-state index in [1.54, 1.807) is 12.1 Å². The summed E-state index contributed by atoms with van der Waals surface area (Å²) in [6.45, 7) is 7.83. The minimum absolute atomic E-state index is 0.0467. The Labute approximate surface area is 282 Å². The lowest BCUT2D eigenvalue weighted by Crippen LogP contribution is -2.47. The monoisotopic (exact) mass is 691 g/mol. The number of rotatable bonds is 9. The normalized spacial score (nSPS) is 19.5. The Morgan fingerprint density at radius 3 is 1.85 bits per heavy atom. The predicted molar refractivity (Wildman–Crippen MR) is 184 cm³/mol. The first-order valence-corrected chi connectivity index (χ1v) is 18.2. The van der Waals surface area contributed by atoms with Gasteiger partial charge in [0.05, 0.1) is 29.7 Å². The van der Waals surface area contributed by atoms with Gasteiger partial charge in [0.15, 0.2) is 20.8 Å². The molecule has 1 aliphatic heterocycles. The molecule has 1 N–H and O–H groups in total. The minimum atomic E-state index is -5.65. The molecule has 250 valence electrons. The summed E-state index contributed by atoms with van der Waals surface area (Å²) in [5.74, 6) is 0.0467. The van der Waals surface area contributed by atoms with Gasteiger partial charge in [0, 0.05) is 0 Å². The molecular weight excluding hydrogens is 655 g/mol. The Morgan fingerprint density at radius 1 is 0.750 bits per heavy atom. The van der Waals surface area contributed by atoms with E-state index in [0.29, 0.717) is 13.2 Å². The van der Waals surface area contributed by atoms with Crippen molar-refractivity contribution in [1.82, 2.24) is 0 Å². The first kappa shape index (κ1) is 34.1. The highest BCUT2D eigenvalue weighted by molar-refractivity contribution is 7.97. The smallest absolute Gasteiger partial charge is 0.405 e. The van der Waals surface area contributed by atoms with Crippen LogP contribution >= 0.6 is 0 Å². The van der Waals surface area contributed by atoms with E-state index in [-0.39, 0.29) is 11.4 Å². The molecule has 1 aliphatic rings. The summed E-state index contributed by atoms with van der Waals surface area (Å²) in [5.41, 5.74) is 2.24. The van der Waals surface area contributed by atoms with E-state index in [0.717, 1.165) is 43.7 Å². The van der Waals surface area contributed by atoms with Gasteiger partial charge in [-0.05, 0) is 122 Å². The fourth-order valence-electron chi connectivity index (χ4n) is 5.56. The zero-order chi connectivity index (χ0) is 34.3. The Hall–Kier alpha value is -3.80. The third-order valence-corrected chi connectivity index (χ3v) is 11.8. The largest absolute Gasteiger partial charge is 0.483 e. The molecule has 5 aromatic rings. The summed E-state index contributed by atoms with van der Waals surface area (Å²) < 4.78 is 77.2. The SMILES string of the molecule is CC(Oc1ccc([S+](c2ccc(-c3ccc4ccccc4c3)cc2)c2ccc(C3(C)COC(C)(C)CO3)cc2)cc1)C(F)(F)S(=O)(=O)O. The van der Waals surface area contributed by atoms with Gasteiger partial charge >= 0.3 is 15.4 Å². The molecule has 1 heterocycles. The van der Waals surface area contributed by atoms with Crippen LogP contribution in [-0.4, -0.2) is 43.1 Å². The number of hydrogen-bond donors (Lipinski definition) is 1. The van der Waals surface area contributed by atoms with Crippen molar-refractivity contribution in [3.63, 3.8) is 0 Å². The molecule has 5 aromatic carbocycles. The van der Waals surface area contributed by atoms with Crippen LogP contribution in [-0.2, 0) is 36.1 Å². The number of halogens is 2. The molecule has 48 heavy (non-hydrogen) atoms. The van der Waals surface area contributed by atoms with Crippen LogP contribution in [0.3, 0.4) is 0 Å². The molecule has 6 rings (SSSR count). The lowest BCUT2D eigenvalue weighted by molar-refractivity contribution is -0.221. The molecule has 3 atom stereocenters. The molecule has 3 unspecified atom stereocenters. The molecule has 0 radical (unpaired) electrons. The van der Waals surface area contributed by atoms with Crippen molar-refractivity contribution >= 4 is 31.8 Å². The third-order valence-electron chi connectivity index (χ3n) is 8.54. The van der Waals surface area contributed by atoms with E-state index in [1.165, 1.54) is 17.5 Å². The van der Waals surface area contributed by atoms with Gasteiger partial charge in [0.2, 0.25) is 0 Å². The topological polar surface area (TPSA) is 82.1 Å². The van der Waals surface area contributed by atoms with Crippen molar-refractivity contribution in [1.29, 1.82) is 0 Å². The van der Waals surface area contributed by atoms with Crippen LogP contribution in [0.5, 0.6) is 5.75 Å². The maximum absolute atomic E-state index is 14.1. The highest BCUT2D eigenvalue weighted by Crippen LogP contribution is 2.38. The summed E-state index contributed by atoms with van der Waals surface area (Å²) >= 11 is 0. The van der Waals surface area contributed by atoms with Crippen LogP contribution < -0.4 is 4.74 Å². The Bertz CT molecular complexity index is 2000. The minimum Gasteiger partial charge on any atom is -0.483 e. The highest BCUT2D eigenvalue weighted by atomic mass is 32.2. The fourth-order valence-corrected chi connectivity index (χ4v) is 8.07. The van der Waals surface area contributed by atoms with Gasteiger partial charge in [-0.3, -0.25) is 4.55 Å². The number of fused-ring (bicyclic) bond motifs is 1. The van der Waals surface area contributed by atoms with Gasteiger partial charge in [-0.1, -0.05) is 48.5 Å². The van der Waals surface area contributed by atoms with Crippen molar-refractivity contribution in [2.75, 3.05) is 13.2 Å². The molecule has 0 bridgehead atoms. The van der Waals surface area contributed by atoms with Crippen LogP contribution in [0.4, 0.5) is 8.78 Å². The molecule has 0 amide bonds. The lowest BCUT2D eigenvalue weighted by atomic mass is 9.94. The molecule has 0 saturated carbocycles. The second-order valence-corrected chi connectivity index (χ2v) is 16.3. The van der Waals surface area contributed by atoms with Crippen molar-refractivity contribution in [2.45, 2.75) is 64.9 Å². The molecular formula is C38H37F2O6S2+. The maximum atomic E-state index is 14.1. The summed E-state index contributed by atoms with van der Waals surface area (Å²) in [6.07, 6.45) is -2.11. The van der Waals surface area contributed by atoms with E-state index in [1.807, 2.05) is 32.9 Å². The van der Waals surface area contributed by atoms with Gasteiger partial charge < -0.3 is 14.2 Å². The van der Waals surface area contributed by atoms with Gasteiger partial charge in [0.25, 0.3) is 0 Å². The third kappa shape index (κ3) is 6.99. The summed E-state index contributed by atoms with van der Waals surface area (Å²) in [4.78, 5) is 2.96. The predicted octanol–water partition coefficient (Wildman–Crippen LogP) is 8.89. The summed E-state index contributed by atoms with van der Waals surface area (Å²) in [6, 6.07) is 37.9. The molecule has 6 nitrogen and oxygen atoms in total. The van der Waals surface area contributed by atoms with Gasteiger partial charge in [-0.15, -0.1) is 0 Å². The lowest BCUT2D eigenvalue weighted by Gasteiger charge is -2.41. The molecule has 10 heteroatoms. The summed E-state index contributed by atoms with van der Waals surface area (Å²) in [7, 11) is -6.25. The Morgan fingerprint density at radius 2 is 1.29 bits per heavy atom. The number of hydrogen-bond acceptors (Lipinski definition) is 5. The molecule has 1 fully saturated rings. The average molecular weight is 692 g/mol. The van der Waals surface area contributed by atoms with E-state index in [2.05, 4.69) is 78.9 Å². The molecule has 0 aromatic heterocycles. The number of alkyl halides is 2. The first-order valence-electron chi connectivity index (χ1n) is 15.5. The van der Waals surface area contributed by atoms with Gasteiger partial charge in [0.1, 0.15) is 11.4 Å². The molecule has 0 aliphatic carbocycles. The van der Waals surface area contributed by atoms with E-state index >= 15 is 0 Å². The van der Waals surface area contributed by atoms with Gasteiger partial charge in [-0.2, -0.15) is 17.2 Å². The summed E-state index contributed by atoms with van der Waals surface area (Å²) in [5, 5.41) is -2.13. The first-order chi connectivity index (χ1) is 22.7. The second kappa shape index (κ2) is 12.9. The van der Waals surface area contributed by atoms with Crippen molar-refractivity contribution in [3.8, 4) is 16.9 Å². The van der Waals surface area contributed by atoms with Crippen LogP contribution in [0.2, 0.25) is 0 Å². The Kier molecular flexibility index (Phi) is 9.16. The quantitative estimate of drug-likeness (QED) is 0.123. The van der Waals surface area contributed by atoms with E-state index in [9.17, 15) is 17.2 Å². The molecule has 1 saturated heterocycles. The van der Waals surface area contributed by atoms with E-state index < -0.39 is 38.0 Å². The second-order valence-electron chi connectivity index (χ2n) is 12.8. The number of benzene rings is 5. The maximum Gasteiger partial charge on any atom is 0.405 e. The average Bonchev–Trinajstić information content (AvgIpc) is 3.07. The van der Waals surface area contributed by atoms with Crippen molar-refractivity contribution < 1.29 is 36.0 Å². The van der Waals surface area contributed by atoms with Crippen LogP contribution in [0.15, 0.2) is 130 Å². The molecule has 0 spiro atoms. The van der Waals surface area contributed by atoms with Crippen molar-refractivity contribution in [3.05, 3.63) is 121 Å². The van der Waals surface area contributed by atoms with Crippen LogP contribution in [0.25, 0.3) is 21.9 Å². The van der Waals surface area contributed by atoms with Crippen LogP contribution in [0, 0.1) is 0 Å².